The molecule has 27 heavy (non-hydrogen) atoms. The zero-order chi connectivity index (χ0) is 18.8. The summed E-state index contributed by atoms with van der Waals surface area (Å²) in [4.78, 5) is 13.8. The van der Waals surface area contributed by atoms with Crippen LogP contribution in [0.1, 0.15) is 6.92 Å². The summed E-state index contributed by atoms with van der Waals surface area (Å²) >= 11 is 0. The second kappa shape index (κ2) is 6.91. The standard InChI is InChI=1S/C19H19N7O/c1-2-26-22-11-18(24-26)23-19(27)12-25-17-7-6-14(8-15(17)10-21-25)13-4-3-5-16(20)9-13/h3-11H,2,12,20H2,1H3,(H,23,24,27). The number of carbonyl (C=O) groups excluding carboxylic acids is 1. The molecule has 2 aromatic heterocycles. The van der Waals surface area contributed by atoms with Crippen molar-refractivity contribution in [3.63, 3.8) is 0 Å². The second-order valence-electron chi connectivity index (χ2n) is 6.17. The van der Waals surface area contributed by atoms with Crippen LogP contribution in [0.3, 0.4) is 0 Å². The molecule has 0 radical (unpaired) electrons. The van der Waals surface area contributed by atoms with Crippen molar-refractivity contribution in [1.82, 2.24) is 24.8 Å². The van der Waals surface area contributed by atoms with E-state index < -0.39 is 0 Å². The molecule has 2 heterocycles. The van der Waals surface area contributed by atoms with Crippen molar-refractivity contribution in [3.8, 4) is 11.1 Å². The van der Waals surface area contributed by atoms with Crippen LogP contribution in [-0.2, 0) is 17.9 Å². The molecule has 0 bridgehead atoms. The summed E-state index contributed by atoms with van der Waals surface area (Å²) in [6, 6.07) is 13.7. The van der Waals surface area contributed by atoms with Crippen LogP contribution in [0.5, 0.6) is 0 Å². The molecule has 0 aliphatic heterocycles. The van der Waals surface area contributed by atoms with Gasteiger partial charge in [-0.1, -0.05) is 18.2 Å². The number of aromatic nitrogens is 5. The first-order valence-electron chi connectivity index (χ1n) is 8.64. The molecule has 0 aliphatic rings. The number of hydrogen-bond donors (Lipinski definition) is 2. The molecule has 0 unspecified atom stereocenters. The minimum Gasteiger partial charge on any atom is -0.399 e. The van der Waals surface area contributed by atoms with Crippen LogP contribution in [0.25, 0.3) is 22.0 Å². The molecule has 0 fully saturated rings. The average Bonchev–Trinajstić information content (AvgIpc) is 3.28. The minimum absolute atomic E-state index is 0.0973. The van der Waals surface area contributed by atoms with Crippen LogP contribution in [0.4, 0.5) is 11.5 Å². The summed E-state index contributed by atoms with van der Waals surface area (Å²) in [5, 5.41) is 16.2. The molecule has 4 aromatic rings. The fraction of sp³-hybridized carbons (Fsp3) is 0.158. The molecule has 0 atom stereocenters. The van der Waals surface area contributed by atoms with Gasteiger partial charge >= 0.3 is 0 Å². The van der Waals surface area contributed by atoms with Crippen molar-refractivity contribution in [2.45, 2.75) is 20.0 Å². The largest absolute Gasteiger partial charge is 0.399 e. The van der Waals surface area contributed by atoms with Crippen LogP contribution < -0.4 is 11.1 Å². The Morgan fingerprint density at radius 2 is 1.96 bits per heavy atom. The smallest absolute Gasteiger partial charge is 0.247 e. The van der Waals surface area contributed by atoms with Crippen molar-refractivity contribution in [2.75, 3.05) is 11.1 Å². The zero-order valence-corrected chi connectivity index (χ0v) is 14.8. The molecule has 2 aromatic carbocycles. The number of rotatable bonds is 5. The van der Waals surface area contributed by atoms with Gasteiger partial charge in [0.1, 0.15) is 6.54 Å². The highest BCUT2D eigenvalue weighted by Gasteiger charge is 2.11. The highest BCUT2D eigenvalue weighted by atomic mass is 16.2. The van der Waals surface area contributed by atoms with Gasteiger partial charge in [0.15, 0.2) is 5.82 Å². The van der Waals surface area contributed by atoms with E-state index in [2.05, 4.69) is 20.6 Å². The third-order valence-corrected chi connectivity index (χ3v) is 4.24. The number of nitrogens with two attached hydrogens (primary N) is 1. The SMILES string of the molecule is CCn1ncc(NC(=O)Cn2ncc3cc(-c4cccc(N)c4)ccc32)n1. The van der Waals surface area contributed by atoms with Gasteiger partial charge in [-0.2, -0.15) is 15.0 Å². The number of amides is 1. The van der Waals surface area contributed by atoms with E-state index in [1.54, 1.807) is 10.9 Å². The Bertz CT molecular complexity index is 1110. The summed E-state index contributed by atoms with van der Waals surface area (Å²) in [6.45, 7) is 2.68. The van der Waals surface area contributed by atoms with Crippen LogP contribution in [0.2, 0.25) is 0 Å². The molecular formula is C19H19N7O. The molecular weight excluding hydrogens is 342 g/mol. The number of fused-ring (bicyclic) bond motifs is 1. The lowest BCUT2D eigenvalue weighted by Gasteiger charge is -2.06. The number of aryl methyl sites for hydroxylation is 1. The first-order valence-corrected chi connectivity index (χ1v) is 8.64. The predicted molar refractivity (Wildman–Crippen MR) is 104 cm³/mol. The van der Waals surface area contributed by atoms with Gasteiger partial charge in [-0.05, 0) is 42.3 Å². The highest BCUT2D eigenvalue weighted by Crippen LogP contribution is 2.25. The lowest BCUT2D eigenvalue weighted by atomic mass is 10.0. The fourth-order valence-corrected chi connectivity index (χ4v) is 2.94. The van der Waals surface area contributed by atoms with Crippen molar-refractivity contribution in [3.05, 3.63) is 54.9 Å². The first-order chi connectivity index (χ1) is 13.1. The van der Waals surface area contributed by atoms with Gasteiger partial charge in [-0.3, -0.25) is 9.48 Å². The molecule has 0 saturated carbocycles. The van der Waals surface area contributed by atoms with Gasteiger partial charge in [0.25, 0.3) is 0 Å². The lowest BCUT2D eigenvalue weighted by molar-refractivity contribution is -0.116. The maximum absolute atomic E-state index is 12.3. The average molecular weight is 361 g/mol. The quantitative estimate of drug-likeness (QED) is 0.532. The number of hydrogen-bond acceptors (Lipinski definition) is 5. The molecule has 0 saturated heterocycles. The first kappa shape index (κ1) is 16.8. The van der Waals surface area contributed by atoms with E-state index in [1.165, 1.54) is 11.0 Å². The second-order valence-corrected chi connectivity index (χ2v) is 6.17. The lowest BCUT2D eigenvalue weighted by Crippen LogP contribution is -2.19. The van der Waals surface area contributed by atoms with Crippen molar-refractivity contribution in [2.24, 2.45) is 0 Å². The third kappa shape index (κ3) is 3.50. The summed E-state index contributed by atoms with van der Waals surface area (Å²) in [6.07, 6.45) is 3.28. The normalized spacial score (nSPS) is 11.0. The van der Waals surface area contributed by atoms with Gasteiger partial charge in [0.05, 0.1) is 24.5 Å². The Balaban J connectivity index is 1.53. The van der Waals surface area contributed by atoms with Gasteiger partial charge in [0, 0.05) is 11.1 Å². The summed E-state index contributed by atoms with van der Waals surface area (Å²) in [5.74, 6) is 0.227. The monoisotopic (exact) mass is 361 g/mol. The molecule has 3 N–H and O–H groups in total. The summed E-state index contributed by atoms with van der Waals surface area (Å²) in [5.41, 5.74) is 9.57. The van der Waals surface area contributed by atoms with E-state index >= 15 is 0 Å². The Kier molecular flexibility index (Phi) is 4.29. The number of carbonyl (C=O) groups is 1. The summed E-state index contributed by atoms with van der Waals surface area (Å²) in [7, 11) is 0. The van der Waals surface area contributed by atoms with Gasteiger partial charge in [0.2, 0.25) is 5.91 Å². The van der Waals surface area contributed by atoms with Gasteiger partial charge in [-0.15, -0.1) is 5.10 Å². The van der Waals surface area contributed by atoms with Crippen LogP contribution >= 0.6 is 0 Å². The van der Waals surface area contributed by atoms with Gasteiger partial charge in [-0.25, -0.2) is 0 Å². The molecule has 8 nitrogen and oxygen atoms in total. The zero-order valence-electron chi connectivity index (χ0n) is 14.8. The number of nitrogens with zero attached hydrogens (tertiary/aromatic N) is 5. The topological polar surface area (TPSA) is 104 Å². The van der Waals surface area contributed by atoms with E-state index in [4.69, 9.17) is 5.73 Å². The molecule has 0 aliphatic carbocycles. The molecule has 0 spiro atoms. The Morgan fingerprint density at radius 1 is 1.11 bits per heavy atom. The van der Waals surface area contributed by atoms with Crippen molar-refractivity contribution < 1.29 is 4.79 Å². The maximum atomic E-state index is 12.3. The predicted octanol–water partition coefficient (Wildman–Crippen LogP) is 2.54. The molecule has 1 amide bonds. The number of benzene rings is 2. The number of anilines is 2. The number of nitrogen functional groups attached to an aromatic ring is 1. The van der Waals surface area contributed by atoms with Crippen molar-refractivity contribution in [1.29, 1.82) is 0 Å². The third-order valence-electron chi connectivity index (χ3n) is 4.24. The summed E-state index contributed by atoms with van der Waals surface area (Å²) < 4.78 is 1.66. The maximum Gasteiger partial charge on any atom is 0.247 e. The Labute approximate surface area is 155 Å². The number of nitrogens with one attached hydrogen (secondary N) is 1. The van der Waals surface area contributed by atoms with Gasteiger partial charge < -0.3 is 11.1 Å². The molecule has 8 heteroatoms. The van der Waals surface area contributed by atoms with E-state index in [0.717, 1.165) is 27.7 Å². The molecule has 4 rings (SSSR count). The van der Waals surface area contributed by atoms with Crippen LogP contribution in [-0.4, -0.2) is 30.7 Å². The van der Waals surface area contributed by atoms with Crippen LogP contribution in [0.15, 0.2) is 54.9 Å². The molecule has 136 valence electrons. The highest BCUT2D eigenvalue weighted by molar-refractivity contribution is 5.91. The van der Waals surface area contributed by atoms with E-state index in [-0.39, 0.29) is 12.5 Å². The Hall–Kier alpha value is -3.68. The van der Waals surface area contributed by atoms with E-state index in [0.29, 0.717) is 12.4 Å². The Morgan fingerprint density at radius 3 is 2.74 bits per heavy atom. The van der Waals surface area contributed by atoms with Crippen molar-refractivity contribution >= 4 is 28.3 Å². The van der Waals surface area contributed by atoms with E-state index in [1.807, 2.05) is 49.4 Å². The minimum atomic E-state index is -0.205. The fourth-order valence-electron chi connectivity index (χ4n) is 2.94. The van der Waals surface area contributed by atoms with E-state index in [9.17, 15) is 4.79 Å². The van der Waals surface area contributed by atoms with Crippen LogP contribution in [0, 0.1) is 0 Å².